The number of nitrogens with one attached hydrogen (secondary N) is 1. The molecule has 0 spiro atoms. The number of nitrogens with zero attached hydrogens (tertiary/aromatic N) is 1. The van der Waals surface area contributed by atoms with Crippen molar-refractivity contribution >= 4 is 21.6 Å². The Morgan fingerprint density at radius 1 is 0.970 bits per heavy atom. The third kappa shape index (κ3) is 5.20. The van der Waals surface area contributed by atoms with Crippen molar-refractivity contribution in [1.29, 1.82) is 0 Å². The van der Waals surface area contributed by atoms with E-state index in [4.69, 9.17) is 4.74 Å². The van der Waals surface area contributed by atoms with Crippen LogP contribution in [0.15, 0.2) is 77.7 Å². The monoisotopic (exact) mass is 464 g/mol. The van der Waals surface area contributed by atoms with Gasteiger partial charge in [0, 0.05) is 24.3 Å². The van der Waals surface area contributed by atoms with Gasteiger partial charge in [0.25, 0.3) is 15.9 Å². The van der Waals surface area contributed by atoms with Crippen LogP contribution >= 0.6 is 0 Å². The third-order valence-electron chi connectivity index (χ3n) is 6.06. The highest BCUT2D eigenvalue weighted by Gasteiger charge is 2.27. The lowest BCUT2D eigenvalue weighted by Gasteiger charge is -2.32. The fraction of sp³-hybridized carbons (Fsp3) is 0.269. The van der Waals surface area contributed by atoms with Crippen LogP contribution < -0.4 is 9.46 Å². The Balaban J connectivity index is 1.52. The van der Waals surface area contributed by atoms with Gasteiger partial charge in [-0.2, -0.15) is 0 Å². The van der Waals surface area contributed by atoms with Crippen LogP contribution in [0.4, 0.5) is 5.69 Å². The lowest BCUT2D eigenvalue weighted by Crippen LogP contribution is -2.38. The van der Waals surface area contributed by atoms with E-state index in [1.54, 1.807) is 23.1 Å². The predicted molar refractivity (Wildman–Crippen MR) is 129 cm³/mol. The van der Waals surface area contributed by atoms with Gasteiger partial charge >= 0.3 is 0 Å². The van der Waals surface area contributed by atoms with Crippen molar-refractivity contribution in [3.63, 3.8) is 0 Å². The predicted octanol–water partition coefficient (Wildman–Crippen LogP) is 4.82. The van der Waals surface area contributed by atoms with Crippen LogP contribution in [0.25, 0.3) is 0 Å². The Labute approximate surface area is 195 Å². The molecule has 7 heteroatoms. The zero-order valence-electron chi connectivity index (χ0n) is 18.8. The van der Waals surface area contributed by atoms with Gasteiger partial charge < -0.3 is 9.64 Å². The zero-order valence-corrected chi connectivity index (χ0v) is 19.6. The van der Waals surface area contributed by atoms with Crippen molar-refractivity contribution in [3.8, 4) is 5.75 Å². The molecule has 1 heterocycles. The first kappa shape index (κ1) is 22.9. The minimum Gasteiger partial charge on any atom is -0.495 e. The number of aryl methyl sites for hydroxylation is 1. The summed E-state index contributed by atoms with van der Waals surface area (Å²) in [7, 11) is -2.53. The summed E-state index contributed by atoms with van der Waals surface area (Å²) in [5, 5.41) is 0. The Bertz CT molecular complexity index is 1220. The minimum absolute atomic E-state index is 0.0596. The number of sulfonamides is 1. The Morgan fingerprint density at radius 2 is 1.64 bits per heavy atom. The summed E-state index contributed by atoms with van der Waals surface area (Å²) in [6.07, 6.45) is 1.76. The van der Waals surface area contributed by atoms with Crippen molar-refractivity contribution < 1.29 is 17.9 Å². The molecule has 3 aromatic rings. The molecule has 1 N–H and O–H groups in total. The number of benzene rings is 3. The summed E-state index contributed by atoms with van der Waals surface area (Å²) in [5.74, 6) is 0.450. The van der Waals surface area contributed by atoms with E-state index < -0.39 is 10.0 Å². The molecule has 1 fully saturated rings. The summed E-state index contributed by atoms with van der Waals surface area (Å²) in [4.78, 5) is 14.9. The molecular weight excluding hydrogens is 436 g/mol. The molecule has 1 aliphatic heterocycles. The number of ether oxygens (including phenoxy) is 1. The van der Waals surface area contributed by atoms with Crippen molar-refractivity contribution in [3.05, 3.63) is 89.5 Å². The van der Waals surface area contributed by atoms with Gasteiger partial charge in [-0.05, 0) is 61.6 Å². The SMILES string of the molecule is COc1ccc(C(=O)N2CCC(c3ccccc3)CC2)cc1S(=O)(=O)Nc1ccc(C)cc1. The van der Waals surface area contributed by atoms with Crippen LogP contribution in [0.2, 0.25) is 0 Å². The Hall–Kier alpha value is -3.32. The number of hydrogen-bond acceptors (Lipinski definition) is 4. The number of rotatable bonds is 6. The van der Waals surface area contributed by atoms with Crippen LogP contribution in [-0.4, -0.2) is 39.4 Å². The number of anilines is 1. The topological polar surface area (TPSA) is 75.7 Å². The summed E-state index contributed by atoms with van der Waals surface area (Å²) in [6.45, 7) is 3.20. The van der Waals surface area contributed by atoms with Gasteiger partial charge in [0.1, 0.15) is 10.6 Å². The van der Waals surface area contributed by atoms with Gasteiger partial charge in [0.05, 0.1) is 7.11 Å². The average molecular weight is 465 g/mol. The number of hydrogen-bond donors (Lipinski definition) is 1. The third-order valence-corrected chi connectivity index (χ3v) is 7.46. The zero-order chi connectivity index (χ0) is 23.4. The molecular formula is C26H28N2O4S. The molecule has 0 aromatic heterocycles. The number of carbonyl (C=O) groups is 1. The van der Waals surface area contributed by atoms with E-state index in [-0.39, 0.29) is 16.6 Å². The number of piperidine rings is 1. The highest BCUT2D eigenvalue weighted by molar-refractivity contribution is 7.92. The fourth-order valence-electron chi connectivity index (χ4n) is 4.18. The van der Waals surface area contributed by atoms with E-state index in [9.17, 15) is 13.2 Å². The summed E-state index contributed by atoms with van der Waals surface area (Å²) < 4.78 is 34.1. The molecule has 0 radical (unpaired) electrons. The van der Waals surface area contributed by atoms with E-state index in [0.29, 0.717) is 30.3 Å². The highest BCUT2D eigenvalue weighted by atomic mass is 32.2. The molecule has 6 nitrogen and oxygen atoms in total. The molecule has 0 unspecified atom stereocenters. The van der Waals surface area contributed by atoms with Crippen LogP contribution in [0.1, 0.15) is 40.2 Å². The largest absolute Gasteiger partial charge is 0.495 e. The van der Waals surface area contributed by atoms with Crippen molar-refractivity contribution in [1.82, 2.24) is 4.90 Å². The van der Waals surface area contributed by atoms with E-state index >= 15 is 0 Å². The first-order chi connectivity index (χ1) is 15.9. The maximum atomic E-state index is 13.2. The molecule has 0 aliphatic carbocycles. The first-order valence-electron chi connectivity index (χ1n) is 11.0. The van der Waals surface area contributed by atoms with Gasteiger partial charge in [0.15, 0.2) is 0 Å². The maximum absolute atomic E-state index is 13.2. The molecule has 33 heavy (non-hydrogen) atoms. The molecule has 1 aliphatic rings. The van der Waals surface area contributed by atoms with Crippen LogP contribution in [-0.2, 0) is 10.0 Å². The molecule has 0 saturated carbocycles. The highest BCUT2D eigenvalue weighted by Crippen LogP contribution is 2.31. The number of methoxy groups -OCH3 is 1. The number of carbonyl (C=O) groups excluding carboxylic acids is 1. The molecule has 3 aromatic carbocycles. The summed E-state index contributed by atoms with van der Waals surface area (Å²) >= 11 is 0. The summed E-state index contributed by atoms with van der Waals surface area (Å²) in [6, 6.07) is 22.0. The molecule has 172 valence electrons. The second kappa shape index (κ2) is 9.67. The quantitative estimate of drug-likeness (QED) is 0.567. The van der Waals surface area contributed by atoms with E-state index in [1.807, 2.05) is 37.3 Å². The number of likely N-dealkylation sites (tertiary alicyclic amines) is 1. The Kier molecular flexibility index (Phi) is 6.70. The van der Waals surface area contributed by atoms with Gasteiger partial charge in [0.2, 0.25) is 0 Å². The van der Waals surface area contributed by atoms with Gasteiger partial charge in [-0.15, -0.1) is 0 Å². The smallest absolute Gasteiger partial charge is 0.265 e. The first-order valence-corrected chi connectivity index (χ1v) is 12.5. The second-order valence-corrected chi connectivity index (χ2v) is 9.97. The van der Waals surface area contributed by atoms with Crippen molar-refractivity contribution in [2.75, 3.05) is 24.9 Å². The van der Waals surface area contributed by atoms with E-state index in [0.717, 1.165) is 18.4 Å². The average Bonchev–Trinajstić information content (AvgIpc) is 2.85. The Morgan fingerprint density at radius 3 is 2.27 bits per heavy atom. The maximum Gasteiger partial charge on any atom is 0.265 e. The van der Waals surface area contributed by atoms with Crippen molar-refractivity contribution in [2.24, 2.45) is 0 Å². The van der Waals surface area contributed by atoms with Gasteiger partial charge in [-0.3, -0.25) is 9.52 Å². The summed E-state index contributed by atoms with van der Waals surface area (Å²) in [5.41, 5.74) is 3.10. The lowest BCUT2D eigenvalue weighted by molar-refractivity contribution is 0.0712. The molecule has 4 rings (SSSR count). The van der Waals surface area contributed by atoms with Gasteiger partial charge in [-0.25, -0.2) is 8.42 Å². The van der Waals surface area contributed by atoms with Gasteiger partial charge in [-0.1, -0.05) is 48.0 Å². The van der Waals surface area contributed by atoms with E-state index in [1.165, 1.54) is 24.8 Å². The lowest BCUT2D eigenvalue weighted by atomic mass is 9.89. The van der Waals surface area contributed by atoms with Crippen LogP contribution in [0.3, 0.4) is 0 Å². The molecule has 0 atom stereocenters. The second-order valence-electron chi connectivity index (χ2n) is 8.31. The minimum atomic E-state index is -3.95. The standard InChI is InChI=1S/C26H28N2O4S/c1-19-8-11-23(12-9-19)27-33(30,31)25-18-22(10-13-24(25)32-2)26(29)28-16-14-21(15-17-28)20-6-4-3-5-7-20/h3-13,18,21,27H,14-17H2,1-2H3. The van der Waals surface area contributed by atoms with E-state index in [2.05, 4.69) is 16.9 Å². The van der Waals surface area contributed by atoms with Crippen molar-refractivity contribution in [2.45, 2.75) is 30.6 Å². The molecule has 1 amide bonds. The molecule has 0 bridgehead atoms. The van der Waals surface area contributed by atoms with Crippen LogP contribution in [0, 0.1) is 6.92 Å². The fourth-order valence-corrected chi connectivity index (χ4v) is 5.43. The molecule has 1 saturated heterocycles. The number of amides is 1. The van der Waals surface area contributed by atoms with Crippen LogP contribution in [0.5, 0.6) is 5.75 Å². The normalized spacial score (nSPS) is 14.7.